The fraction of sp³-hybridized carbons (Fsp3) is 0.846. The Hall–Kier alpha value is -0.860. The van der Waals surface area contributed by atoms with Gasteiger partial charge in [-0.1, -0.05) is 20.3 Å². The molecule has 0 radical (unpaired) electrons. The van der Waals surface area contributed by atoms with Crippen molar-refractivity contribution in [1.29, 1.82) is 0 Å². The van der Waals surface area contributed by atoms with Gasteiger partial charge in [-0.05, 0) is 31.1 Å². The topological polar surface area (TPSA) is 43.4 Å². The van der Waals surface area contributed by atoms with E-state index in [1.807, 2.05) is 13.8 Å². The third kappa shape index (κ3) is 1.40. The molecule has 90 valence electrons. The van der Waals surface area contributed by atoms with E-state index in [1.165, 1.54) is 26.4 Å². The van der Waals surface area contributed by atoms with E-state index in [2.05, 4.69) is 0 Å². The van der Waals surface area contributed by atoms with Crippen LogP contribution in [0.25, 0.3) is 0 Å². The molecular weight excluding hydrogens is 204 g/mol. The molecule has 2 saturated carbocycles. The maximum Gasteiger partial charge on any atom is 0.319 e. The van der Waals surface area contributed by atoms with E-state index in [9.17, 15) is 9.59 Å². The summed E-state index contributed by atoms with van der Waals surface area (Å²) in [4.78, 5) is 24.0. The van der Waals surface area contributed by atoms with Crippen molar-refractivity contribution >= 4 is 11.8 Å². The van der Waals surface area contributed by atoms with Crippen LogP contribution in [0.1, 0.15) is 46.0 Å². The summed E-state index contributed by atoms with van der Waals surface area (Å²) in [5, 5.41) is 0. The van der Waals surface area contributed by atoms with Crippen molar-refractivity contribution in [3.8, 4) is 0 Å². The summed E-state index contributed by atoms with van der Waals surface area (Å²) in [6.45, 7) is 3.72. The largest absolute Gasteiger partial charge is 0.468 e. The molecule has 0 N–H and O–H groups in total. The highest BCUT2D eigenvalue weighted by molar-refractivity contribution is 6.05. The van der Waals surface area contributed by atoms with E-state index in [0.717, 1.165) is 12.8 Å². The van der Waals surface area contributed by atoms with Crippen LogP contribution in [0.5, 0.6) is 0 Å². The molecule has 2 rings (SSSR count). The minimum absolute atomic E-state index is 0.0666. The lowest BCUT2D eigenvalue weighted by Crippen LogP contribution is -2.59. The van der Waals surface area contributed by atoms with Crippen molar-refractivity contribution in [3.63, 3.8) is 0 Å². The van der Waals surface area contributed by atoms with Gasteiger partial charge in [0, 0.05) is 5.92 Å². The number of hydrogen-bond donors (Lipinski definition) is 0. The Bertz CT molecular complexity index is 318. The standard InChI is InChI=1S/C13H20O3/c1-9(2)10(14)13(11(15)16-3)7-12(8-13)5-4-6-12/h9H,4-8H2,1-3H3. The number of esters is 1. The molecule has 0 aromatic rings. The van der Waals surface area contributed by atoms with Crippen LogP contribution in [0.4, 0.5) is 0 Å². The second kappa shape index (κ2) is 3.57. The Labute approximate surface area is 96.5 Å². The first-order valence-electron chi connectivity index (χ1n) is 6.09. The normalized spacial score (nSPS) is 24.8. The second-order valence-electron chi connectivity index (χ2n) is 5.80. The van der Waals surface area contributed by atoms with Crippen LogP contribution in [0.2, 0.25) is 0 Å². The van der Waals surface area contributed by atoms with Gasteiger partial charge in [0.2, 0.25) is 0 Å². The van der Waals surface area contributed by atoms with E-state index in [1.54, 1.807) is 0 Å². The maximum absolute atomic E-state index is 12.2. The molecule has 0 amide bonds. The van der Waals surface area contributed by atoms with E-state index in [4.69, 9.17) is 4.74 Å². The minimum atomic E-state index is -0.802. The van der Waals surface area contributed by atoms with Crippen molar-refractivity contribution in [2.45, 2.75) is 46.0 Å². The highest BCUT2D eigenvalue weighted by atomic mass is 16.5. The van der Waals surface area contributed by atoms with Gasteiger partial charge in [-0.3, -0.25) is 9.59 Å². The third-order valence-corrected chi connectivity index (χ3v) is 4.34. The lowest BCUT2D eigenvalue weighted by Gasteiger charge is -2.59. The summed E-state index contributed by atoms with van der Waals surface area (Å²) < 4.78 is 4.83. The van der Waals surface area contributed by atoms with Crippen LogP contribution >= 0.6 is 0 Å². The fourth-order valence-electron chi connectivity index (χ4n) is 3.43. The number of ketones is 1. The van der Waals surface area contributed by atoms with E-state index in [0.29, 0.717) is 5.41 Å². The monoisotopic (exact) mass is 224 g/mol. The van der Waals surface area contributed by atoms with Crippen molar-refractivity contribution in [2.24, 2.45) is 16.7 Å². The van der Waals surface area contributed by atoms with Crippen LogP contribution in [0.15, 0.2) is 0 Å². The zero-order valence-corrected chi connectivity index (χ0v) is 10.3. The smallest absolute Gasteiger partial charge is 0.319 e. The predicted molar refractivity (Wildman–Crippen MR) is 59.8 cm³/mol. The van der Waals surface area contributed by atoms with Crippen LogP contribution in [0, 0.1) is 16.7 Å². The van der Waals surface area contributed by atoms with Crippen LogP contribution < -0.4 is 0 Å². The van der Waals surface area contributed by atoms with Gasteiger partial charge in [0.1, 0.15) is 5.41 Å². The molecule has 0 atom stereocenters. The first kappa shape index (κ1) is 11.6. The number of methoxy groups -OCH3 is 1. The Morgan fingerprint density at radius 3 is 2.06 bits per heavy atom. The SMILES string of the molecule is COC(=O)C1(C(=O)C(C)C)CC2(CCC2)C1. The summed E-state index contributed by atoms with van der Waals surface area (Å²) in [6.07, 6.45) is 5.05. The quantitative estimate of drug-likeness (QED) is 0.546. The van der Waals surface area contributed by atoms with Gasteiger partial charge in [-0.25, -0.2) is 0 Å². The minimum Gasteiger partial charge on any atom is -0.468 e. The summed E-state index contributed by atoms with van der Waals surface area (Å²) >= 11 is 0. The van der Waals surface area contributed by atoms with Crippen molar-refractivity contribution in [2.75, 3.05) is 7.11 Å². The van der Waals surface area contributed by atoms with Crippen molar-refractivity contribution in [1.82, 2.24) is 0 Å². The van der Waals surface area contributed by atoms with Gasteiger partial charge >= 0.3 is 5.97 Å². The Balaban J connectivity index is 2.16. The number of carbonyl (C=O) groups is 2. The van der Waals surface area contributed by atoms with E-state index in [-0.39, 0.29) is 17.7 Å². The average molecular weight is 224 g/mol. The lowest BCUT2D eigenvalue weighted by atomic mass is 9.43. The highest BCUT2D eigenvalue weighted by Gasteiger charge is 2.65. The molecule has 0 saturated heterocycles. The molecule has 0 aromatic carbocycles. The average Bonchev–Trinajstić information content (AvgIpc) is 2.13. The maximum atomic E-state index is 12.2. The zero-order chi connectivity index (χ0) is 12.0. The van der Waals surface area contributed by atoms with Gasteiger partial charge in [0.05, 0.1) is 7.11 Å². The molecule has 0 bridgehead atoms. The number of carbonyl (C=O) groups excluding carboxylic acids is 2. The lowest BCUT2D eigenvalue weighted by molar-refractivity contribution is -0.184. The first-order valence-corrected chi connectivity index (χ1v) is 6.09. The third-order valence-electron chi connectivity index (χ3n) is 4.34. The van der Waals surface area contributed by atoms with Crippen molar-refractivity contribution in [3.05, 3.63) is 0 Å². The van der Waals surface area contributed by atoms with Gasteiger partial charge in [-0.2, -0.15) is 0 Å². The fourth-order valence-corrected chi connectivity index (χ4v) is 3.43. The molecule has 1 spiro atoms. The highest BCUT2D eigenvalue weighted by Crippen LogP contribution is 2.65. The summed E-state index contributed by atoms with van der Waals surface area (Å²) in [6, 6.07) is 0. The summed E-state index contributed by atoms with van der Waals surface area (Å²) in [5.74, 6) is -0.336. The van der Waals surface area contributed by atoms with Gasteiger partial charge in [-0.15, -0.1) is 0 Å². The molecule has 0 unspecified atom stereocenters. The number of ether oxygens (including phenoxy) is 1. The van der Waals surface area contributed by atoms with Gasteiger partial charge in [0.15, 0.2) is 5.78 Å². The van der Waals surface area contributed by atoms with E-state index >= 15 is 0 Å². The number of Topliss-reactive ketones (excluding diaryl/α,β-unsaturated/α-hetero) is 1. The Morgan fingerprint density at radius 1 is 1.19 bits per heavy atom. The van der Waals surface area contributed by atoms with Gasteiger partial charge < -0.3 is 4.74 Å². The molecule has 3 nitrogen and oxygen atoms in total. The number of hydrogen-bond acceptors (Lipinski definition) is 3. The van der Waals surface area contributed by atoms with E-state index < -0.39 is 5.41 Å². The van der Waals surface area contributed by atoms with Crippen LogP contribution in [-0.4, -0.2) is 18.9 Å². The first-order chi connectivity index (χ1) is 7.46. The molecular formula is C13H20O3. The molecule has 2 aliphatic carbocycles. The molecule has 0 aliphatic heterocycles. The zero-order valence-electron chi connectivity index (χ0n) is 10.3. The summed E-state index contributed by atoms with van der Waals surface area (Å²) in [7, 11) is 1.38. The molecule has 2 fully saturated rings. The Morgan fingerprint density at radius 2 is 1.75 bits per heavy atom. The molecule has 0 heterocycles. The van der Waals surface area contributed by atoms with Crippen LogP contribution in [0.3, 0.4) is 0 Å². The second-order valence-corrected chi connectivity index (χ2v) is 5.80. The van der Waals surface area contributed by atoms with Gasteiger partial charge in [0.25, 0.3) is 0 Å². The summed E-state index contributed by atoms with van der Waals surface area (Å²) in [5.41, 5.74) is -0.498. The molecule has 3 heteroatoms. The predicted octanol–water partition coefficient (Wildman–Crippen LogP) is 2.33. The molecule has 0 aromatic heterocycles. The molecule has 2 aliphatic rings. The van der Waals surface area contributed by atoms with Crippen LogP contribution in [-0.2, 0) is 14.3 Å². The molecule has 16 heavy (non-hydrogen) atoms. The number of rotatable bonds is 3. The Kier molecular flexibility index (Phi) is 2.59. The van der Waals surface area contributed by atoms with Crippen molar-refractivity contribution < 1.29 is 14.3 Å².